The molecule has 0 saturated carbocycles. The van der Waals surface area contributed by atoms with Crippen LogP contribution in [0.1, 0.15) is 0 Å². The first kappa shape index (κ1) is 14.5. The standard InChI is InChI=1S/C9H12FN3O4S/c10-5-7(11)6-12-18(16,17)9-3-1-8(2-4-9)13(14)15/h1-4,7,12H,5-6,11H2. The number of nitrogens with zero attached hydrogens (tertiary/aromatic N) is 1. The zero-order valence-corrected chi connectivity index (χ0v) is 10.1. The minimum atomic E-state index is -3.83. The fourth-order valence-electron chi connectivity index (χ4n) is 1.10. The summed E-state index contributed by atoms with van der Waals surface area (Å²) in [5, 5.41) is 10.4. The molecule has 1 aromatic carbocycles. The Labute approximate surface area is 103 Å². The lowest BCUT2D eigenvalue weighted by atomic mass is 10.3. The molecule has 0 fully saturated rings. The van der Waals surface area contributed by atoms with E-state index in [1.807, 2.05) is 0 Å². The summed E-state index contributed by atoms with van der Waals surface area (Å²) in [4.78, 5) is 9.62. The summed E-state index contributed by atoms with van der Waals surface area (Å²) in [6, 6.07) is 3.42. The SMILES string of the molecule is NC(CF)CNS(=O)(=O)c1ccc([N+](=O)[O-])cc1. The number of alkyl halides is 1. The first-order valence-corrected chi connectivity index (χ1v) is 6.41. The van der Waals surface area contributed by atoms with E-state index in [1.165, 1.54) is 0 Å². The topological polar surface area (TPSA) is 115 Å². The molecule has 1 rings (SSSR count). The van der Waals surface area contributed by atoms with Gasteiger partial charge < -0.3 is 5.73 Å². The lowest BCUT2D eigenvalue weighted by Crippen LogP contribution is -2.38. The van der Waals surface area contributed by atoms with E-state index in [-0.39, 0.29) is 17.1 Å². The molecule has 0 bridgehead atoms. The largest absolute Gasteiger partial charge is 0.324 e. The van der Waals surface area contributed by atoms with Crippen LogP contribution in [0, 0.1) is 10.1 Å². The molecule has 1 unspecified atom stereocenters. The molecule has 3 N–H and O–H groups in total. The van der Waals surface area contributed by atoms with E-state index in [0.717, 1.165) is 24.3 Å². The highest BCUT2D eigenvalue weighted by Crippen LogP contribution is 2.15. The summed E-state index contributed by atoms with van der Waals surface area (Å²) in [7, 11) is -3.83. The maximum Gasteiger partial charge on any atom is 0.269 e. The van der Waals surface area contributed by atoms with Gasteiger partial charge in [-0.05, 0) is 12.1 Å². The fraction of sp³-hybridized carbons (Fsp3) is 0.333. The normalized spacial score (nSPS) is 13.2. The van der Waals surface area contributed by atoms with E-state index >= 15 is 0 Å². The van der Waals surface area contributed by atoms with Crippen molar-refractivity contribution in [1.82, 2.24) is 4.72 Å². The molecule has 7 nitrogen and oxygen atoms in total. The van der Waals surface area contributed by atoms with E-state index in [0.29, 0.717) is 0 Å². The highest BCUT2D eigenvalue weighted by Gasteiger charge is 2.16. The number of nitrogens with one attached hydrogen (secondary N) is 1. The predicted molar refractivity (Wildman–Crippen MR) is 62.2 cm³/mol. The van der Waals surface area contributed by atoms with Gasteiger partial charge in [0, 0.05) is 24.7 Å². The molecule has 0 saturated heterocycles. The first-order chi connectivity index (χ1) is 8.36. The number of benzene rings is 1. The zero-order valence-electron chi connectivity index (χ0n) is 9.24. The van der Waals surface area contributed by atoms with E-state index in [4.69, 9.17) is 5.73 Å². The van der Waals surface area contributed by atoms with Crippen molar-refractivity contribution in [3.63, 3.8) is 0 Å². The Kier molecular flexibility index (Phi) is 4.70. The quantitative estimate of drug-likeness (QED) is 0.568. The maximum absolute atomic E-state index is 12.1. The average molecular weight is 277 g/mol. The Morgan fingerprint density at radius 2 is 1.94 bits per heavy atom. The summed E-state index contributed by atoms with van der Waals surface area (Å²) in [6.45, 7) is -1.08. The van der Waals surface area contributed by atoms with Gasteiger partial charge in [0.1, 0.15) is 6.67 Å². The van der Waals surface area contributed by atoms with Gasteiger partial charge in [-0.15, -0.1) is 0 Å². The summed E-state index contributed by atoms with van der Waals surface area (Å²) in [6.07, 6.45) is 0. The number of rotatable bonds is 6. The van der Waals surface area contributed by atoms with Crippen LogP contribution in [-0.4, -0.2) is 32.6 Å². The summed E-state index contributed by atoms with van der Waals surface area (Å²) in [5.74, 6) is 0. The van der Waals surface area contributed by atoms with Crippen LogP contribution in [0.2, 0.25) is 0 Å². The molecule has 0 radical (unpaired) electrons. The molecule has 0 spiro atoms. The van der Waals surface area contributed by atoms with Crippen LogP contribution in [0.15, 0.2) is 29.2 Å². The van der Waals surface area contributed by atoms with Crippen molar-refractivity contribution in [3.8, 4) is 0 Å². The van der Waals surface area contributed by atoms with E-state index in [2.05, 4.69) is 4.72 Å². The minimum Gasteiger partial charge on any atom is -0.324 e. The molecule has 1 atom stereocenters. The molecule has 9 heteroatoms. The Hall–Kier alpha value is -1.58. The van der Waals surface area contributed by atoms with Crippen molar-refractivity contribution < 1.29 is 17.7 Å². The number of hydrogen-bond acceptors (Lipinski definition) is 5. The van der Waals surface area contributed by atoms with Crippen LogP contribution in [0.3, 0.4) is 0 Å². The summed E-state index contributed by atoms with van der Waals surface area (Å²) >= 11 is 0. The number of non-ortho nitro benzene ring substituents is 1. The van der Waals surface area contributed by atoms with Crippen LogP contribution in [0.25, 0.3) is 0 Å². The summed E-state index contributed by atoms with van der Waals surface area (Å²) in [5.41, 5.74) is 5.02. The highest BCUT2D eigenvalue weighted by molar-refractivity contribution is 7.89. The molecule has 0 aliphatic heterocycles. The third-order valence-corrected chi connectivity index (χ3v) is 3.53. The number of nitro benzene ring substituents is 1. The average Bonchev–Trinajstić information content (AvgIpc) is 2.36. The van der Waals surface area contributed by atoms with Crippen LogP contribution in [0.5, 0.6) is 0 Å². The van der Waals surface area contributed by atoms with Gasteiger partial charge in [-0.1, -0.05) is 0 Å². The monoisotopic (exact) mass is 277 g/mol. The second kappa shape index (κ2) is 5.85. The molecule has 100 valence electrons. The number of nitro groups is 1. The van der Waals surface area contributed by atoms with Gasteiger partial charge in [-0.25, -0.2) is 17.5 Å². The highest BCUT2D eigenvalue weighted by atomic mass is 32.2. The zero-order chi connectivity index (χ0) is 13.8. The summed E-state index contributed by atoms with van der Waals surface area (Å²) < 4.78 is 37.5. The molecule has 0 aliphatic rings. The number of halogens is 1. The van der Waals surface area contributed by atoms with Crippen LogP contribution >= 0.6 is 0 Å². The van der Waals surface area contributed by atoms with Gasteiger partial charge >= 0.3 is 0 Å². The van der Waals surface area contributed by atoms with Gasteiger partial charge in [0.15, 0.2) is 0 Å². The number of sulfonamides is 1. The van der Waals surface area contributed by atoms with Crippen molar-refractivity contribution in [1.29, 1.82) is 0 Å². The third-order valence-electron chi connectivity index (χ3n) is 2.09. The van der Waals surface area contributed by atoms with Gasteiger partial charge in [-0.2, -0.15) is 0 Å². The first-order valence-electron chi connectivity index (χ1n) is 4.92. The number of hydrogen-bond donors (Lipinski definition) is 2. The second-order valence-corrected chi connectivity index (χ2v) is 5.28. The fourth-order valence-corrected chi connectivity index (χ4v) is 2.20. The van der Waals surface area contributed by atoms with Crippen molar-refractivity contribution in [2.24, 2.45) is 5.73 Å². The van der Waals surface area contributed by atoms with Crippen LogP contribution in [-0.2, 0) is 10.0 Å². The molecule has 18 heavy (non-hydrogen) atoms. The van der Waals surface area contributed by atoms with Crippen LogP contribution < -0.4 is 10.5 Å². The van der Waals surface area contributed by atoms with E-state index < -0.39 is 27.7 Å². The Morgan fingerprint density at radius 1 is 1.39 bits per heavy atom. The van der Waals surface area contributed by atoms with Gasteiger partial charge in [0.25, 0.3) is 5.69 Å². The Bertz CT molecular complexity index is 517. The lowest BCUT2D eigenvalue weighted by Gasteiger charge is -2.09. The van der Waals surface area contributed by atoms with E-state index in [9.17, 15) is 22.9 Å². The van der Waals surface area contributed by atoms with Crippen LogP contribution in [0.4, 0.5) is 10.1 Å². The molecule has 1 aromatic rings. The van der Waals surface area contributed by atoms with E-state index in [1.54, 1.807) is 0 Å². The van der Waals surface area contributed by atoms with Gasteiger partial charge in [0.05, 0.1) is 9.82 Å². The van der Waals surface area contributed by atoms with Gasteiger partial charge in [0.2, 0.25) is 10.0 Å². The van der Waals surface area contributed by atoms with Gasteiger partial charge in [-0.3, -0.25) is 10.1 Å². The van der Waals surface area contributed by atoms with Crippen molar-refractivity contribution in [2.75, 3.05) is 13.2 Å². The second-order valence-electron chi connectivity index (χ2n) is 3.52. The van der Waals surface area contributed by atoms with Crippen molar-refractivity contribution in [2.45, 2.75) is 10.9 Å². The molecule has 0 aliphatic carbocycles. The molecular formula is C9H12FN3O4S. The molecule has 0 amide bonds. The Morgan fingerprint density at radius 3 is 2.39 bits per heavy atom. The molecule has 0 heterocycles. The molecule has 0 aromatic heterocycles. The molecular weight excluding hydrogens is 265 g/mol. The maximum atomic E-state index is 12.1. The third kappa shape index (κ3) is 3.72. The van der Waals surface area contributed by atoms with Crippen molar-refractivity contribution in [3.05, 3.63) is 34.4 Å². The predicted octanol–water partition coefficient (Wildman–Crippen LogP) is 0.170. The lowest BCUT2D eigenvalue weighted by molar-refractivity contribution is -0.384. The van der Waals surface area contributed by atoms with Crippen molar-refractivity contribution >= 4 is 15.7 Å². The minimum absolute atomic E-state index is 0.140. The number of nitrogens with two attached hydrogens (primary N) is 1. The smallest absolute Gasteiger partial charge is 0.269 e. The Balaban J connectivity index is 2.82.